The summed E-state index contributed by atoms with van der Waals surface area (Å²) in [5.41, 5.74) is -0.601. The van der Waals surface area contributed by atoms with Gasteiger partial charge in [-0.1, -0.05) is 0 Å². The smallest absolute Gasteiger partial charge is 0.239 e. The van der Waals surface area contributed by atoms with Gasteiger partial charge in [0.1, 0.15) is 46.9 Å². The monoisotopic (exact) mass is 522 g/mol. The number of ether oxygens (including phenoxy) is 5. The van der Waals surface area contributed by atoms with Gasteiger partial charge < -0.3 is 58.7 Å². The molecule has 200 valence electrons. The molecule has 13 heteroatoms. The Morgan fingerprint density at radius 1 is 0.892 bits per heavy atom. The summed E-state index contributed by atoms with van der Waals surface area (Å²) >= 11 is 0. The number of hydrogen-bond donors (Lipinski definition) is 6. The zero-order valence-electron chi connectivity index (χ0n) is 19.9. The molecule has 0 spiro atoms. The van der Waals surface area contributed by atoms with E-state index in [-0.39, 0.29) is 51.0 Å². The van der Waals surface area contributed by atoms with Crippen LogP contribution < -0.4 is 24.4 Å². The summed E-state index contributed by atoms with van der Waals surface area (Å²) in [6.07, 6.45) is -7.95. The Bertz CT molecular complexity index is 1350. The second-order valence-electron chi connectivity index (χ2n) is 8.15. The quantitative estimate of drug-likeness (QED) is 0.244. The van der Waals surface area contributed by atoms with Crippen molar-refractivity contribution in [3.8, 4) is 45.8 Å². The van der Waals surface area contributed by atoms with Crippen LogP contribution in [-0.4, -0.2) is 89.3 Å². The summed E-state index contributed by atoms with van der Waals surface area (Å²) in [6, 6.07) is 5.19. The molecule has 1 aliphatic heterocycles. The van der Waals surface area contributed by atoms with E-state index in [0.717, 1.165) is 0 Å². The van der Waals surface area contributed by atoms with Gasteiger partial charge in [-0.25, -0.2) is 0 Å². The maximum atomic E-state index is 13.2. The van der Waals surface area contributed by atoms with E-state index >= 15 is 0 Å². The summed E-state index contributed by atoms with van der Waals surface area (Å²) in [5.74, 6) is -1.54. The van der Waals surface area contributed by atoms with Crippen LogP contribution in [0.25, 0.3) is 22.3 Å². The molecule has 1 unspecified atom stereocenters. The van der Waals surface area contributed by atoms with Gasteiger partial charge in [-0.2, -0.15) is 0 Å². The zero-order valence-corrected chi connectivity index (χ0v) is 19.9. The first-order chi connectivity index (χ1) is 17.6. The van der Waals surface area contributed by atoms with Gasteiger partial charge in [-0.15, -0.1) is 0 Å². The average molecular weight is 522 g/mol. The van der Waals surface area contributed by atoms with E-state index in [1.54, 1.807) is 0 Å². The molecule has 1 fully saturated rings. The molecule has 1 aromatic heterocycles. The minimum absolute atomic E-state index is 0.0268. The molecule has 0 aliphatic carbocycles. The molecular formula is C24H26O13. The van der Waals surface area contributed by atoms with Crippen LogP contribution >= 0.6 is 0 Å². The Hall–Kier alpha value is -3.75. The maximum Gasteiger partial charge on any atom is 0.239 e. The average Bonchev–Trinajstić information content (AvgIpc) is 2.89. The summed E-state index contributed by atoms with van der Waals surface area (Å²) < 4.78 is 32.4. The molecule has 37 heavy (non-hydrogen) atoms. The van der Waals surface area contributed by atoms with E-state index in [2.05, 4.69) is 0 Å². The van der Waals surface area contributed by atoms with Gasteiger partial charge in [-0.3, -0.25) is 4.79 Å². The molecule has 2 heterocycles. The maximum absolute atomic E-state index is 13.2. The summed E-state index contributed by atoms with van der Waals surface area (Å²) in [7, 11) is 3.86. The minimum atomic E-state index is -1.75. The van der Waals surface area contributed by atoms with Gasteiger partial charge in [0.15, 0.2) is 17.3 Å². The molecule has 1 saturated heterocycles. The Morgan fingerprint density at radius 3 is 2.22 bits per heavy atom. The number of aliphatic hydroxyl groups excluding tert-OH is 4. The summed E-state index contributed by atoms with van der Waals surface area (Å²) in [6.45, 7) is -0.685. The topological polar surface area (TPSA) is 198 Å². The highest BCUT2D eigenvalue weighted by molar-refractivity contribution is 5.88. The molecule has 0 radical (unpaired) electrons. The van der Waals surface area contributed by atoms with Crippen LogP contribution in [-0.2, 0) is 4.74 Å². The van der Waals surface area contributed by atoms with E-state index in [1.807, 2.05) is 0 Å². The van der Waals surface area contributed by atoms with Crippen molar-refractivity contribution in [3.05, 3.63) is 34.5 Å². The van der Waals surface area contributed by atoms with Crippen LogP contribution in [0.4, 0.5) is 0 Å². The predicted molar refractivity (Wildman–Crippen MR) is 125 cm³/mol. The van der Waals surface area contributed by atoms with Crippen LogP contribution in [0.15, 0.2) is 33.5 Å². The van der Waals surface area contributed by atoms with Crippen LogP contribution in [0.5, 0.6) is 34.5 Å². The Labute approximate surface area is 209 Å². The van der Waals surface area contributed by atoms with Crippen molar-refractivity contribution in [2.75, 3.05) is 27.9 Å². The molecule has 4 rings (SSSR count). The fourth-order valence-corrected chi connectivity index (χ4v) is 4.00. The summed E-state index contributed by atoms with van der Waals surface area (Å²) in [4.78, 5) is 13.2. The van der Waals surface area contributed by atoms with Crippen LogP contribution in [0, 0.1) is 0 Å². The third kappa shape index (κ3) is 4.58. The molecule has 6 N–H and O–H groups in total. The van der Waals surface area contributed by atoms with Gasteiger partial charge >= 0.3 is 0 Å². The first-order valence-corrected chi connectivity index (χ1v) is 10.9. The van der Waals surface area contributed by atoms with Crippen molar-refractivity contribution in [1.29, 1.82) is 0 Å². The molecule has 1 aliphatic rings. The number of methoxy groups -OCH3 is 3. The Morgan fingerprint density at radius 2 is 1.59 bits per heavy atom. The van der Waals surface area contributed by atoms with E-state index < -0.39 is 48.5 Å². The largest absolute Gasteiger partial charge is 0.507 e. The lowest BCUT2D eigenvalue weighted by atomic mass is 9.99. The summed E-state index contributed by atoms with van der Waals surface area (Å²) in [5, 5.41) is 60.6. The van der Waals surface area contributed by atoms with E-state index in [9.17, 15) is 35.4 Å². The fraction of sp³-hybridized carbons (Fsp3) is 0.375. The highest BCUT2D eigenvalue weighted by atomic mass is 16.7. The van der Waals surface area contributed by atoms with Crippen LogP contribution in [0.2, 0.25) is 0 Å². The van der Waals surface area contributed by atoms with Gasteiger partial charge in [0.05, 0.1) is 27.9 Å². The molecule has 0 bridgehead atoms. The lowest BCUT2D eigenvalue weighted by Crippen LogP contribution is -2.60. The van der Waals surface area contributed by atoms with Crippen molar-refractivity contribution < 1.29 is 58.7 Å². The SMILES string of the molecule is COc1cc(O)c2c(=O)c(OC)c(-c3cc(OC)c(O)c(OC4O[C@H](CO)[C@@H](O)[C@H](O)[C@H]4O)c3)oc2c1. The third-order valence-electron chi connectivity index (χ3n) is 5.96. The number of aliphatic hydroxyl groups is 4. The Kier molecular flexibility index (Phi) is 7.34. The highest BCUT2D eigenvalue weighted by Gasteiger charge is 2.45. The van der Waals surface area contributed by atoms with Crippen molar-refractivity contribution in [1.82, 2.24) is 0 Å². The second-order valence-corrected chi connectivity index (χ2v) is 8.15. The molecule has 3 aromatic rings. The van der Waals surface area contributed by atoms with Crippen LogP contribution in [0.3, 0.4) is 0 Å². The molecule has 5 atom stereocenters. The molecule has 2 aromatic carbocycles. The minimum Gasteiger partial charge on any atom is -0.507 e. The van der Waals surface area contributed by atoms with E-state index in [0.29, 0.717) is 0 Å². The van der Waals surface area contributed by atoms with Gasteiger partial charge in [0, 0.05) is 17.7 Å². The van der Waals surface area contributed by atoms with Crippen molar-refractivity contribution in [3.63, 3.8) is 0 Å². The number of benzene rings is 2. The lowest BCUT2D eigenvalue weighted by molar-refractivity contribution is -0.277. The van der Waals surface area contributed by atoms with Crippen molar-refractivity contribution in [2.24, 2.45) is 0 Å². The number of rotatable bonds is 7. The molecule has 13 nitrogen and oxygen atoms in total. The second kappa shape index (κ2) is 10.3. The van der Waals surface area contributed by atoms with Gasteiger partial charge in [0.2, 0.25) is 23.2 Å². The van der Waals surface area contributed by atoms with E-state index in [1.165, 1.54) is 45.6 Å². The van der Waals surface area contributed by atoms with Crippen LogP contribution in [0.1, 0.15) is 0 Å². The predicted octanol–water partition coefficient (Wildman–Crippen LogP) is 0.0757. The number of hydrogen-bond acceptors (Lipinski definition) is 13. The molecule has 0 saturated carbocycles. The van der Waals surface area contributed by atoms with Crippen molar-refractivity contribution >= 4 is 11.0 Å². The molecule has 0 amide bonds. The molecular weight excluding hydrogens is 496 g/mol. The first kappa shape index (κ1) is 26.3. The van der Waals surface area contributed by atoms with Gasteiger partial charge in [-0.05, 0) is 12.1 Å². The standard InChI is InChI=1S/C24H26O13/c1-32-10-6-11(26)16-12(7-10)35-22(23(34-3)19(16)29)9-4-13(33-2)17(27)14(5-9)36-24-21(31)20(30)18(28)15(8-25)37-24/h4-7,15,18,20-21,24-28,30-31H,8H2,1-3H3/t15-,18-,20+,21-,24?/m1/s1. The third-order valence-corrected chi connectivity index (χ3v) is 5.96. The number of aromatic hydroxyl groups is 2. The van der Waals surface area contributed by atoms with Crippen molar-refractivity contribution in [2.45, 2.75) is 30.7 Å². The Balaban J connectivity index is 1.86. The van der Waals surface area contributed by atoms with Gasteiger partial charge in [0.25, 0.3) is 0 Å². The highest BCUT2D eigenvalue weighted by Crippen LogP contribution is 2.44. The number of phenols is 2. The first-order valence-electron chi connectivity index (χ1n) is 10.9. The number of phenolic OH excluding ortho intramolecular Hbond substituents is 2. The van der Waals surface area contributed by atoms with E-state index in [4.69, 9.17) is 28.1 Å². The number of fused-ring (bicyclic) bond motifs is 1. The fourth-order valence-electron chi connectivity index (χ4n) is 4.00. The lowest BCUT2D eigenvalue weighted by Gasteiger charge is -2.39. The zero-order chi connectivity index (χ0) is 27.0. The normalized spacial score (nSPS) is 23.6.